The maximum absolute atomic E-state index is 12.1. The molecular formula is C16H16N2O3S. The van der Waals surface area contributed by atoms with Gasteiger partial charge in [0.15, 0.2) is 0 Å². The molecule has 0 spiro atoms. The molecule has 0 bridgehead atoms. The van der Waals surface area contributed by atoms with Gasteiger partial charge in [-0.1, -0.05) is 18.1 Å². The molecule has 0 aromatic heterocycles. The second kappa shape index (κ2) is 6.93. The summed E-state index contributed by atoms with van der Waals surface area (Å²) in [6, 6.07) is 7.59. The third-order valence-corrected chi connectivity index (χ3v) is 4.57. The van der Waals surface area contributed by atoms with Crippen LogP contribution in [0, 0.1) is 23.7 Å². The molecule has 0 unspecified atom stereocenters. The van der Waals surface area contributed by atoms with Crippen molar-refractivity contribution in [1.29, 1.82) is 5.26 Å². The highest BCUT2D eigenvalue weighted by Crippen LogP contribution is 2.25. The minimum atomic E-state index is -3.65. The van der Waals surface area contributed by atoms with Gasteiger partial charge < -0.3 is 5.32 Å². The second-order valence-corrected chi connectivity index (χ2v) is 6.85. The van der Waals surface area contributed by atoms with Gasteiger partial charge in [-0.25, -0.2) is 8.42 Å². The summed E-state index contributed by atoms with van der Waals surface area (Å²) in [6.07, 6.45) is 6.01. The molecule has 1 amide bonds. The largest absolute Gasteiger partial charge is 0.344 e. The van der Waals surface area contributed by atoms with E-state index in [1.807, 2.05) is 0 Å². The molecule has 22 heavy (non-hydrogen) atoms. The Morgan fingerprint density at radius 3 is 2.45 bits per heavy atom. The van der Waals surface area contributed by atoms with Gasteiger partial charge in [-0.15, -0.1) is 6.42 Å². The van der Waals surface area contributed by atoms with Crippen molar-refractivity contribution in [1.82, 2.24) is 5.32 Å². The van der Waals surface area contributed by atoms with Crippen molar-refractivity contribution in [2.24, 2.45) is 0 Å². The number of hydrogen-bond donors (Lipinski definition) is 1. The van der Waals surface area contributed by atoms with E-state index in [4.69, 9.17) is 11.7 Å². The Morgan fingerprint density at radius 2 is 1.95 bits per heavy atom. The molecule has 1 rings (SSSR count). The van der Waals surface area contributed by atoms with Crippen LogP contribution in [0.4, 0.5) is 0 Å². The number of nitrogens with one attached hydrogen (secondary N) is 1. The Balaban J connectivity index is 3.08. The molecule has 0 radical (unpaired) electrons. The molecule has 1 aromatic carbocycles. The van der Waals surface area contributed by atoms with E-state index in [1.54, 1.807) is 32.0 Å². The molecule has 0 aliphatic heterocycles. The van der Waals surface area contributed by atoms with Crippen LogP contribution in [-0.2, 0) is 20.0 Å². The molecule has 0 saturated carbocycles. The summed E-state index contributed by atoms with van der Waals surface area (Å²) in [4.78, 5) is 12.1. The van der Waals surface area contributed by atoms with Gasteiger partial charge in [0, 0.05) is 11.5 Å². The summed E-state index contributed by atoms with van der Waals surface area (Å²) in [5.74, 6) is 2.08. The van der Waals surface area contributed by atoms with Gasteiger partial charge in [0.25, 0.3) is 0 Å². The Hall–Kier alpha value is -2.57. The Kier molecular flexibility index (Phi) is 5.50. The highest BCUT2D eigenvalue weighted by Gasteiger charge is 2.29. The molecule has 5 nitrogen and oxygen atoms in total. The van der Waals surface area contributed by atoms with E-state index in [-0.39, 0.29) is 17.3 Å². The van der Waals surface area contributed by atoms with Crippen LogP contribution in [0.15, 0.2) is 40.6 Å². The lowest BCUT2D eigenvalue weighted by Gasteiger charge is -2.23. The lowest BCUT2D eigenvalue weighted by Crippen LogP contribution is -2.40. The molecule has 0 fully saturated rings. The third kappa shape index (κ3) is 3.97. The minimum absolute atomic E-state index is 0.0579. The van der Waals surface area contributed by atoms with E-state index in [1.165, 1.54) is 12.1 Å². The van der Waals surface area contributed by atoms with Crippen LogP contribution in [0.1, 0.15) is 19.4 Å². The van der Waals surface area contributed by atoms with Crippen molar-refractivity contribution in [3.8, 4) is 18.4 Å². The molecule has 0 atom stereocenters. The fourth-order valence-corrected chi connectivity index (χ4v) is 2.66. The predicted molar refractivity (Wildman–Crippen MR) is 83.2 cm³/mol. The van der Waals surface area contributed by atoms with Crippen molar-refractivity contribution >= 4 is 15.7 Å². The van der Waals surface area contributed by atoms with E-state index in [9.17, 15) is 13.2 Å². The van der Waals surface area contributed by atoms with Crippen molar-refractivity contribution in [2.45, 2.75) is 24.2 Å². The van der Waals surface area contributed by atoms with Gasteiger partial charge in [-0.2, -0.15) is 5.26 Å². The first kappa shape index (κ1) is 17.5. The molecule has 6 heteroatoms. The van der Waals surface area contributed by atoms with Gasteiger partial charge in [-0.3, -0.25) is 4.79 Å². The Morgan fingerprint density at radius 1 is 1.36 bits per heavy atom. The minimum Gasteiger partial charge on any atom is -0.344 e. The summed E-state index contributed by atoms with van der Waals surface area (Å²) in [6.45, 7) is 3.57. The average Bonchev–Trinajstić information content (AvgIpc) is 2.50. The van der Waals surface area contributed by atoms with Crippen LogP contribution in [0.3, 0.4) is 0 Å². The molecule has 0 aliphatic carbocycles. The summed E-state index contributed by atoms with van der Waals surface area (Å²) in [5.41, 5.74) is -0.188. The molecule has 0 saturated heterocycles. The number of allylic oxidation sites excluding steroid dienone is 1. The molecule has 0 aliphatic rings. The van der Waals surface area contributed by atoms with Crippen molar-refractivity contribution in [3.63, 3.8) is 0 Å². The zero-order chi connectivity index (χ0) is 16.8. The molecule has 1 aromatic rings. The molecule has 114 valence electrons. The van der Waals surface area contributed by atoms with Gasteiger partial charge in [0.05, 0.1) is 22.9 Å². The smallest absolute Gasteiger partial charge is 0.230 e. The maximum Gasteiger partial charge on any atom is 0.230 e. The van der Waals surface area contributed by atoms with Crippen LogP contribution in [0.25, 0.3) is 0 Å². The normalized spacial score (nSPS) is 11.6. The second-order valence-electron chi connectivity index (χ2n) is 5.01. The Bertz CT molecular complexity index is 761. The molecule has 1 N–H and O–H groups in total. The monoisotopic (exact) mass is 316 g/mol. The first-order chi connectivity index (χ1) is 10.3. The first-order valence-electron chi connectivity index (χ1n) is 6.39. The maximum atomic E-state index is 12.1. The van der Waals surface area contributed by atoms with Crippen molar-refractivity contribution < 1.29 is 13.2 Å². The Labute approximate surface area is 130 Å². The fourth-order valence-electron chi connectivity index (χ4n) is 1.74. The summed E-state index contributed by atoms with van der Waals surface area (Å²) < 4.78 is 23.8. The van der Waals surface area contributed by atoms with E-state index in [0.717, 1.165) is 11.5 Å². The molecular weight excluding hydrogens is 300 g/mol. The highest BCUT2D eigenvalue weighted by atomic mass is 32.2. The number of hydrogen-bond acceptors (Lipinski definition) is 4. The number of amides is 1. The lowest BCUT2D eigenvalue weighted by molar-refractivity contribution is -0.125. The third-order valence-electron chi connectivity index (χ3n) is 3.14. The SMILES string of the molecule is C#CCNC(=O)C(C)(C)c1ccc(S(=O)(=O)/C=C/C#N)cc1. The van der Waals surface area contributed by atoms with E-state index in [2.05, 4.69) is 11.2 Å². The lowest BCUT2D eigenvalue weighted by atomic mass is 9.84. The number of sulfone groups is 1. The topological polar surface area (TPSA) is 87.0 Å². The summed E-state index contributed by atoms with van der Waals surface area (Å²) in [7, 11) is -3.65. The molecule has 0 heterocycles. The van der Waals surface area contributed by atoms with Gasteiger partial charge in [0.2, 0.25) is 15.7 Å². The van der Waals surface area contributed by atoms with E-state index >= 15 is 0 Å². The number of terminal acetylenes is 1. The van der Waals surface area contributed by atoms with Crippen LogP contribution >= 0.6 is 0 Å². The number of nitrogens with zero attached hydrogens (tertiary/aromatic N) is 1. The van der Waals surface area contributed by atoms with Gasteiger partial charge >= 0.3 is 0 Å². The number of carbonyl (C=O) groups excluding carboxylic acids is 1. The number of rotatable bonds is 5. The van der Waals surface area contributed by atoms with Gasteiger partial charge in [0.1, 0.15) is 0 Å². The zero-order valence-electron chi connectivity index (χ0n) is 12.3. The predicted octanol–water partition coefficient (Wildman–Crippen LogP) is 1.52. The first-order valence-corrected chi connectivity index (χ1v) is 7.94. The quantitative estimate of drug-likeness (QED) is 0.659. The zero-order valence-corrected chi connectivity index (χ0v) is 13.1. The van der Waals surface area contributed by atoms with Crippen LogP contribution < -0.4 is 5.32 Å². The summed E-state index contributed by atoms with van der Waals surface area (Å²) in [5, 5.41) is 11.8. The van der Waals surface area contributed by atoms with Crippen molar-refractivity contribution in [2.75, 3.05) is 6.54 Å². The number of benzene rings is 1. The summed E-state index contributed by atoms with van der Waals surface area (Å²) >= 11 is 0. The van der Waals surface area contributed by atoms with Crippen molar-refractivity contribution in [3.05, 3.63) is 41.3 Å². The number of nitriles is 1. The highest BCUT2D eigenvalue weighted by molar-refractivity contribution is 7.94. The van der Waals surface area contributed by atoms with Crippen LogP contribution in [0.5, 0.6) is 0 Å². The van der Waals surface area contributed by atoms with Gasteiger partial charge in [-0.05, 0) is 31.5 Å². The van der Waals surface area contributed by atoms with Crippen LogP contribution in [-0.4, -0.2) is 20.9 Å². The fraction of sp³-hybridized carbons (Fsp3) is 0.250. The van der Waals surface area contributed by atoms with E-state index < -0.39 is 15.3 Å². The number of carbonyl (C=O) groups is 1. The van der Waals surface area contributed by atoms with Crippen LogP contribution in [0.2, 0.25) is 0 Å². The van der Waals surface area contributed by atoms with E-state index in [0.29, 0.717) is 5.56 Å². The average molecular weight is 316 g/mol. The standard InChI is InChI=1S/C16H16N2O3S/c1-4-11-18-15(19)16(2,3)13-6-8-14(9-7-13)22(20,21)12-5-10-17/h1,5-9,12H,11H2,2-3H3,(H,18,19)/b12-5+.